The molecule has 24 valence electrons. The second-order valence-corrected chi connectivity index (χ2v) is 0.856. The van der Waals surface area contributed by atoms with Crippen LogP contribution >= 0.6 is 8.18 Å². The van der Waals surface area contributed by atoms with Crippen molar-refractivity contribution >= 4 is 8.18 Å². The van der Waals surface area contributed by atoms with Crippen molar-refractivity contribution in [1.29, 1.82) is 0 Å². The summed E-state index contributed by atoms with van der Waals surface area (Å²) in [7, 11) is -2.62. The maximum atomic E-state index is 8.81. The van der Waals surface area contributed by atoms with E-state index in [2.05, 4.69) is 5.50 Å². The number of hydrogen-bond acceptors (Lipinski definition) is 2. The average molecular weight is 102 g/mol. The summed E-state index contributed by atoms with van der Waals surface area (Å²) in [5.74, 6) is 0. The second-order valence-electron chi connectivity index (χ2n) is 0.285. The summed E-state index contributed by atoms with van der Waals surface area (Å²) in [5.41, 5.74) is 4.06. The van der Waals surface area contributed by atoms with Crippen molar-refractivity contribution in [3.63, 3.8) is 0 Å². The summed E-state index contributed by atoms with van der Waals surface area (Å²) < 4.78 is 8.81. The molecule has 0 amide bonds. The van der Waals surface area contributed by atoms with Gasteiger partial charge in [0.15, 0.2) is 0 Å². The van der Waals surface area contributed by atoms with Crippen LogP contribution in [0.5, 0.6) is 0 Å². The first-order chi connectivity index (χ1) is 1.73. The molecular formula is H2NNaO2P+. The third-order valence-electron chi connectivity index (χ3n) is 0. The molecule has 1 unspecified atom stereocenters. The Labute approximate surface area is 52.8 Å². The molecule has 0 spiro atoms. The number of rotatable bonds is 0. The molecule has 5 heavy (non-hydrogen) atoms. The molecule has 0 bridgehead atoms. The Hall–Kier alpha value is 1.02. The first-order valence-corrected chi connectivity index (χ1v) is 1.87. The van der Waals surface area contributed by atoms with Crippen LogP contribution in [0.1, 0.15) is 0 Å². The molecule has 0 aliphatic carbocycles. The Morgan fingerprint density at radius 3 is 1.80 bits per heavy atom. The van der Waals surface area contributed by atoms with Crippen molar-refractivity contribution < 1.29 is 39.0 Å². The zero-order valence-electron chi connectivity index (χ0n) is 2.84. The summed E-state index contributed by atoms with van der Waals surface area (Å²) in [5, 5.41) is 0. The normalized spacial score (nSPS) is 8.80. The first kappa shape index (κ1) is 9.39. The van der Waals surface area contributed by atoms with Crippen LogP contribution in [-0.2, 0) is 4.57 Å². The van der Waals surface area contributed by atoms with Gasteiger partial charge < -0.3 is 4.89 Å². The van der Waals surface area contributed by atoms with Gasteiger partial charge in [0.05, 0.1) is 0 Å². The molecule has 0 heterocycles. The molecule has 0 radical (unpaired) electrons. The van der Waals surface area contributed by atoms with E-state index in [0.29, 0.717) is 0 Å². The van der Waals surface area contributed by atoms with Crippen LogP contribution in [0.25, 0.3) is 0 Å². The van der Waals surface area contributed by atoms with Crippen molar-refractivity contribution in [2.45, 2.75) is 0 Å². The predicted octanol–water partition coefficient (Wildman–Crippen LogP) is -4.03. The summed E-state index contributed by atoms with van der Waals surface area (Å²) in [4.78, 5) is 8.81. The zero-order chi connectivity index (χ0) is 3.58. The molecule has 0 saturated carbocycles. The molecule has 0 aromatic carbocycles. The van der Waals surface area contributed by atoms with Crippen LogP contribution in [-0.4, -0.2) is 0 Å². The SMILES string of the molecule is N[P+](=O)[O-].[Na+]. The Kier molecular flexibility index (Phi) is 9.43. The van der Waals surface area contributed by atoms with Crippen molar-refractivity contribution in [1.82, 2.24) is 0 Å². The molecule has 2 N–H and O–H groups in total. The second kappa shape index (κ2) is 5.02. The van der Waals surface area contributed by atoms with E-state index in [1.807, 2.05) is 0 Å². The van der Waals surface area contributed by atoms with E-state index < -0.39 is 8.18 Å². The number of nitrogens with two attached hydrogens (primary N) is 1. The van der Waals surface area contributed by atoms with Gasteiger partial charge in [0.1, 0.15) is 0 Å². The summed E-state index contributed by atoms with van der Waals surface area (Å²) in [6, 6.07) is 0. The van der Waals surface area contributed by atoms with Gasteiger partial charge in [-0.25, -0.2) is 0 Å². The molecule has 0 rings (SSSR count). The van der Waals surface area contributed by atoms with Gasteiger partial charge in [-0.15, -0.1) is 5.50 Å². The average Bonchev–Trinajstić information content (AvgIpc) is 0.811. The monoisotopic (exact) mass is 102 g/mol. The molecular weight excluding hydrogens is 100.0 g/mol. The zero-order valence-corrected chi connectivity index (χ0v) is 5.74. The topological polar surface area (TPSA) is 66.2 Å². The van der Waals surface area contributed by atoms with Crippen LogP contribution in [0.15, 0.2) is 0 Å². The van der Waals surface area contributed by atoms with Gasteiger partial charge in [-0.05, 0) is 0 Å². The van der Waals surface area contributed by atoms with E-state index in [1.54, 1.807) is 0 Å². The number of hydrogen-bond donors (Lipinski definition) is 1. The van der Waals surface area contributed by atoms with Gasteiger partial charge in [0.2, 0.25) is 0 Å². The van der Waals surface area contributed by atoms with Gasteiger partial charge in [-0.3, -0.25) is 0 Å². The van der Waals surface area contributed by atoms with E-state index in [-0.39, 0.29) is 29.6 Å². The third-order valence-corrected chi connectivity index (χ3v) is 0. The molecule has 0 aliphatic rings. The van der Waals surface area contributed by atoms with E-state index in [1.165, 1.54) is 0 Å². The van der Waals surface area contributed by atoms with Gasteiger partial charge >= 0.3 is 37.7 Å². The summed E-state index contributed by atoms with van der Waals surface area (Å²) >= 11 is 0. The van der Waals surface area contributed by atoms with Crippen LogP contribution in [0.4, 0.5) is 0 Å². The molecule has 0 aromatic rings. The minimum absolute atomic E-state index is 0. The van der Waals surface area contributed by atoms with Crippen LogP contribution in [0.3, 0.4) is 0 Å². The minimum atomic E-state index is -2.62. The van der Waals surface area contributed by atoms with Crippen molar-refractivity contribution in [2.24, 2.45) is 5.50 Å². The van der Waals surface area contributed by atoms with Crippen LogP contribution in [0, 0.1) is 0 Å². The standard InChI is InChI=1S/H2NO2P.Na/c1-4(2)3;/h(H2,1,2,3);/q;+1. The Morgan fingerprint density at radius 1 is 1.80 bits per heavy atom. The minimum Gasteiger partial charge on any atom is -0.578 e. The fourth-order valence-electron chi connectivity index (χ4n) is 0. The molecule has 0 saturated heterocycles. The first-order valence-electron chi connectivity index (χ1n) is 0.623. The van der Waals surface area contributed by atoms with Gasteiger partial charge in [0, 0.05) is 0 Å². The van der Waals surface area contributed by atoms with Crippen molar-refractivity contribution in [2.75, 3.05) is 0 Å². The Balaban J connectivity index is 0. The van der Waals surface area contributed by atoms with Crippen molar-refractivity contribution in [3.05, 3.63) is 0 Å². The largest absolute Gasteiger partial charge is 1.00 e. The van der Waals surface area contributed by atoms with E-state index in [9.17, 15) is 0 Å². The van der Waals surface area contributed by atoms with Gasteiger partial charge in [0.25, 0.3) is 0 Å². The van der Waals surface area contributed by atoms with Crippen molar-refractivity contribution in [3.8, 4) is 0 Å². The molecule has 0 aliphatic heterocycles. The van der Waals surface area contributed by atoms with Crippen LogP contribution < -0.4 is 40.0 Å². The fraction of sp³-hybridized carbons (Fsp3) is 0. The molecule has 1 atom stereocenters. The van der Waals surface area contributed by atoms with Gasteiger partial charge in [-0.1, -0.05) is 4.57 Å². The van der Waals surface area contributed by atoms with E-state index in [4.69, 9.17) is 9.46 Å². The quantitative estimate of drug-likeness (QED) is 0.250. The smallest absolute Gasteiger partial charge is 0.578 e. The third kappa shape index (κ3) is 44.0. The van der Waals surface area contributed by atoms with E-state index in [0.717, 1.165) is 0 Å². The maximum absolute atomic E-state index is 8.81. The molecule has 5 heteroatoms. The summed E-state index contributed by atoms with van der Waals surface area (Å²) in [6.07, 6.45) is 0. The van der Waals surface area contributed by atoms with Gasteiger partial charge in [-0.2, -0.15) is 0 Å². The van der Waals surface area contributed by atoms with Crippen LogP contribution in [0.2, 0.25) is 0 Å². The maximum Gasteiger partial charge on any atom is 1.00 e. The Bertz CT molecular complexity index is 32.6. The molecule has 0 fully saturated rings. The Morgan fingerprint density at radius 2 is 1.80 bits per heavy atom. The summed E-state index contributed by atoms with van der Waals surface area (Å²) in [6.45, 7) is 0. The fourth-order valence-corrected chi connectivity index (χ4v) is 0. The predicted molar refractivity (Wildman–Crippen MR) is 11.8 cm³/mol. The molecule has 0 aromatic heterocycles. The van der Waals surface area contributed by atoms with E-state index >= 15 is 0 Å². The molecule has 3 nitrogen and oxygen atoms in total.